The van der Waals surface area contributed by atoms with E-state index in [0.29, 0.717) is 11.5 Å². The van der Waals surface area contributed by atoms with Crippen molar-refractivity contribution in [2.75, 3.05) is 13.2 Å². The van der Waals surface area contributed by atoms with Gasteiger partial charge in [0.25, 0.3) is 11.4 Å². The van der Waals surface area contributed by atoms with Crippen molar-refractivity contribution in [3.8, 4) is 0 Å². The molecule has 0 spiro atoms. The molecule has 154 valence electrons. The fourth-order valence-corrected chi connectivity index (χ4v) is 5.21. The first-order valence-corrected chi connectivity index (χ1v) is 9.71. The largest absolute Gasteiger partial charge is 0.377 e. The van der Waals surface area contributed by atoms with Crippen molar-refractivity contribution in [2.45, 2.75) is 58.5 Å². The lowest BCUT2D eigenvalue weighted by Gasteiger charge is -2.40. The Balaban J connectivity index is 1.87. The molecule has 0 aliphatic heterocycles. The Hall–Kier alpha value is -2.06. The van der Waals surface area contributed by atoms with E-state index in [9.17, 15) is 20.2 Å². The van der Waals surface area contributed by atoms with Crippen molar-refractivity contribution in [1.82, 2.24) is 0 Å². The molecule has 0 radical (unpaired) electrons. The zero-order chi connectivity index (χ0) is 20.9. The van der Waals surface area contributed by atoms with Crippen LogP contribution in [0.25, 0.3) is 0 Å². The number of fused-ring (bicyclic) bond motifs is 2. The molecule has 2 fully saturated rings. The quantitative estimate of drug-likeness (QED) is 0.555. The molecule has 4 unspecified atom stereocenters. The SMILES string of the molecule is CC(CN)(COC1CC2CCC1(C)C2(C)C)c1ccc([N+](=O)[O-])cc1[N+](=O)[O-]. The summed E-state index contributed by atoms with van der Waals surface area (Å²) in [6.07, 6.45) is 3.41. The van der Waals surface area contributed by atoms with Gasteiger partial charge in [0.1, 0.15) is 0 Å². The topological polar surface area (TPSA) is 122 Å². The summed E-state index contributed by atoms with van der Waals surface area (Å²) in [7, 11) is 0. The minimum absolute atomic E-state index is 0.0780. The van der Waals surface area contributed by atoms with Crippen LogP contribution in [-0.2, 0) is 10.2 Å². The Morgan fingerprint density at radius 1 is 1.25 bits per heavy atom. The third-order valence-electron chi connectivity index (χ3n) is 7.81. The van der Waals surface area contributed by atoms with Crippen LogP contribution in [-0.4, -0.2) is 29.1 Å². The molecule has 0 amide bonds. The van der Waals surface area contributed by atoms with Crippen molar-refractivity contribution >= 4 is 11.4 Å². The van der Waals surface area contributed by atoms with Crippen LogP contribution in [0.4, 0.5) is 11.4 Å². The zero-order valence-electron chi connectivity index (χ0n) is 16.9. The minimum Gasteiger partial charge on any atom is -0.377 e. The lowest BCUT2D eigenvalue weighted by Crippen LogP contribution is -2.43. The van der Waals surface area contributed by atoms with E-state index < -0.39 is 15.3 Å². The molecule has 2 aliphatic carbocycles. The van der Waals surface area contributed by atoms with E-state index in [-0.39, 0.29) is 41.5 Å². The maximum Gasteiger partial charge on any atom is 0.280 e. The van der Waals surface area contributed by atoms with Gasteiger partial charge in [-0.25, -0.2) is 0 Å². The summed E-state index contributed by atoms with van der Waals surface area (Å²) in [6, 6.07) is 3.74. The van der Waals surface area contributed by atoms with Gasteiger partial charge in [-0.2, -0.15) is 0 Å². The Bertz CT molecular complexity index is 811. The molecule has 3 rings (SSSR count). The number of rotatable bonds is 7. The normalized spacial score (nSPS) is 30.2. The smallest absolute Gasteiger partial charge is 0.280 e. The van der Waals surface area contributed by atoms with Crippen molar-refractivity contribution in [3.63, 3.8) is 0 Å². The van der Waals surface area contributed by atoms with E-state index in [4.69, 9.17) is 10.5 Å². The van der Waals surface area contributed by atoms with E-state index in [1.165, 1.54) is 18.6 Å². The highest BCUT2D eigenvalue weighted by molar-refractivity contribution is 5.52. The van der Waals surface area contributed by atoms with Gasteiger partial charge in [0.15, 0.2) is 0 Å². The van der Waals surface area contributed by atoms with Gasteiger partial charge < -0.3 is 10.5 Å². The predicted octanol–water partition coefficient (Wildman–Crippen LogP) is 3.95. The monoisotopic (exact) mass is 391 g/mol. The van der Waals surface area contributed by atoms with Gasteiger partial charge in [0, 0.05) is 23.6 Å². The van der Waals surface area contributed by atoms with Crippen LogP contribution >= 0.6 is 0 Å². The molecule has 0 saturated heterocycles. The first kappa shape index (κ1) is 20.7. The first-order chi connectivity index (χ1) is 13.0. The van der Waals surface area contributed by atoms with Crippen LogP contribution in [0.2, 0.25) is 0 Å². The summed E-state index contributed by atoms with van der Waals surface area (Å²) in [5.41, 5.74) is 5.27. The van der Waals surface area contributed by atoms with Gasteiger partial charge in [-0.3, -0.25) is 20.2 Å². The van der Waals surface area contributed by atoms with Gasteiger partial charge in [-0.05, 0) is 42.1 Å². The summed E-state index contributed by atoms with van der Waals surface area (Å²) in [5, 5.41) is 22.6. The highest BCUT2D eigenvalue weighted by atomic mass is 16.6. The number of hydrogen-bond acceptors (Lipinski definition) is 6. The number of hydrogen-bond donors (Lipinski definition) is 1. The van der Waals surface area contributed by atoms with E-state index in [1.807, 2.05) is 6.92 Å². The molecule has 1 aromatic rings. The fourth-order valence-electron chi connectivity index (χ4n) is 5.21. The standard InChI is InChI=1S/C20H29N3O5/c1-18(2)13-7-8-20(18,4)17(9-13)28-12-19(3,11-21)15-6-5-14(22(24)25)10-16(15)23(26)27/h5-6,10,13,17H,7-9,11-12,21H2,1-4H3. The Morgan fingerprint density at radius 3 is 2.39 bits per heavy atom. The number of benzene rings is 1. The number of nitrogens with zero attached hydrogens (tertiary/aromatic N) is 2. The van der Waals surface area contributed by atoms with Crippen LogP contribution in [0.3, 0.4) is 0 Å². The van der Waals surface area contributed by atoms with Crippen molar-refractivity contribution in [1.29, 1.82) is 0 Å². The molecule has 0 heterocycles. The summed E-state index contributed by atoms with van der Waals surface area (Å²) < 4.78 is 6.36. The average Bonchev–Trinajstić information content (AvgIpc) is 2.98. The molecule has 2 saturated carbocycles. The number of ether oxygens (including phenoxy) is 1. The predicted molar refractivity (Wildman–Crippen MR) is 105 cm³/mol. The van der Waals surface area contributed by atoms with Crippen LogP contribution in [0.15, 0.2) is 18.2 Å². The second kappa shape index (κ2) is 6.77. The van der Waals surface area contributed by atoms with Crippen molar-refractivity contribution in [3.05, 3.63) is 44.0 Å². The lowest BCUT2D eigenvalue weighted by atomic mass is 9.70. The molecule has 1 aromatic carbocycles. The number of nitro groups is 2. The maximum atomic E-state index is 11.6. The number of nitro benzene ring substituents is 2. The van der Waals surface area contributed by atoms with Crippen LogP contribution in [0, 0.1) is 37.0 Å². The summed E-state index contributed by atoms with van der Waals surface area (Å²) in [5.74, 6) is 0.625. The molecular formula is C20H29N3O5. The Labute approximate surface area is 164 Å². The van der Waals surface area contributed by atoms with Gasteiger partial charge in [-0.1, -0.05) is 27.7 Å². The Kier molecular flexibility index (Phi) is 5.00. The highest BCUT2D eigenvalue weighted by Crippen LogP contribution is 2.66. The molecule has 2 N–H and O–H groups in total. The van der Waals surface area contributed by atoms with Crippen molar-refractivity contribution < 1.29 is 14.6 Å². The van der Waals surface area contributed by atoms with Gasteiger partial charge >= 0.3 is 0 Å². The Morgan fingerprint density at radius 2 is 1.93 bits per heavy atom. The zero-order valence-corrected chi connectivity index (χ0v) is 16.9. The summed E-state index contributed by atoms with van der Waals surface area (Å²) in [6.45, 7) is 9.09. The fraction of sp³-hybridized carbons (Fsp3) is 0.700. The van der Waals surface area contributed by atoms with Gasteiger partial charge in [0.05, 0.1) is 28.6 Å². The number of non-ortho nitro benzene ring substituents is 1. The van der Waals surface area contributed by atoms with E-state index in [1.54, 1.807) is 0 Å². The maximum absolute atomic E-state index is 11.6. The van der Waals surface area contributed by atoms with E-state index in [0.717, 1.165) is 18.9 Å². The highest BCUT2D eigenvalue weighted by Gasteiger charge is 2.62. The summed E-state index contributed by atoms with van der Waals surface area (Å²) >= 11 is 0. The molecule has 2 aliphatic rings. The molecule has 0 aromatic heterocycles. The molecule has 28 heavy (non-hydrogen) atoms. The average molecular weight is 391 g/mol. The third kappa shape index (κ3) is 2.99. The van der Waals surface area contributed by atoms with Gasteiger partial charge in [0.2, 0.25) is 0 Å². The molecule has 2 bridgehead atoms. The number of nitrogens with two attached hydrogens (primary N) is 1. The van der Waals surface area contributed by atoms with Crippen molar-refractivity contribution in [2.24, 2.45) is 22.5 Å². The van der Waals surface area contributed by atoms with Gasteiger partial charge in [-0.15, -0.1) is 0 Å². The van der Waals surface area contributed by atoms with E-state index >= 15 is 0 Å². The minimum atomic E-state index is -0.806. The van der Waals surface area contributed by atoms with E-state index in [2.05, 4.69) is 20.8 Å². The molecule has 4 atom stereocenters. The molecular weight excluding hydrogens is 362 g/mol. The lowest BCUT2D eigenvalue weighted by molar-refractivity contribution is -0.394. The third-order valence-corrected chi connectivity index (χ3v) is 7.81. The van der Waals surface area contributed by atoms with Crippen LogP contribution in [0.5, 0.6) is 0 Å². The molecule has 8 nitrogen and oxygen atoms in total. The molecule has 8 heteroatoms. The van der Waals surface area contributed by atoms with Crippen LogP contribution < -0.4 is 5.73 Å². The van der Waals surface area contributed by atoms with Crippen LogP contribution in [0.1, 0.15) is 52.5 Å². The summed E-state index contributed by atoms with van der Waals surface area (Å²) in [4.78, 5) is 21.4. The second-order valence-electron chi connectivity index (χ2n) is 9.39. The second-order valence-corrected chi connectivity index (χ2v) is 9.39. The first-order valence-electron chi connectivity index (χ1n) is 9.71.